The van der Waals surface area contributed by atoms with Crippen LogP contribution in [0.4, 0.5) is 29.1 Å². The number of benzene rings is 1. The van der Waals surface area contributed by atoms with E-state index in [1.165, 1.54) is 24.4 Å². The molecule has 1 heterocycles. The molecule has 2 rings (SSSR count). The molecule has 0 spiro atoms. The summed E-state index contributed by atoms with van der Waals surface area (Å²) in [7, 11) is 0. The molecule has 0 fully saturated rings. The quantitative estimate of drug-likeness (QED) is 0.819. The molecule has 8 heteroatoms. The van der Waals surface area contributed by atoms with Crippen LogP contribution in [0.5, 0.6) is 5.75 Å². The number of pyridine rings is 1. The van der Waals surface area contributed by atoms with Crippen molar-refractivity contribution in [3.05, 3.63) is 46.8 Å². The second-order valence-electron chi connectivity index (χ2n) is 3.68. The molecule has 0 saturated carbocycles. The van der Waals surface area contributed by atoms with Crippen molar-refractivity contribution in [3.63, 3.8) is 0 Å². The number of nitrogens with zero attached hydrogens (tertiary/aromatic N) is 1. The highest BCUT2D eigenvalue weighted by atomic mass is 79.9. The fourth-order valence-corrected chi connectivity index (χ4v) is 1.72. The maximum atomic E-state index is 13.5. The Morgan fingerprint density at radius 3 is 2.60 bits per heavy atom. The molecule has 1 N–H and O–H groups in total. The maximum Gasteiger partial charge on any atom is 0.573 e. The molecule has 20 heavy (non-hydrogen) atoms. The molecule has 0 amide bonds. The van der Waals surface area contributed by atoms with Gasteiger partial charge >= 0.3 is 6.36 Å². The van der Waals surface area contributed by atoms with Gasteiger partial charge in [-0.25, -0.2) is 9.37 Å². The largest absolute Gasteiger partial charge is 0.573 e. The highest BCUT2D eigenvalue weighted by molar-refractivity contribution is 9.10. The second kappa shape index (κ2) is 5.66. The van der Waals surface area contributed by atoms with Crippen LogP contribution in [0, 0.1) is 5.82 Å². The van der Waals surface area contributed by atoms with Crippen LogP contribution < -0.4 is 10.1 Å². The number of rotatable bonds is 3. The number of nitrogens with one attached hydrogen (secondary N) is 1. The third-order valence-electron chi connectivity index (χ3n) is 2.14. The summed E-state index contributed by atoms with van der Waals surface area (Å²) in [5, 5.41) is 2.57. The molecule has 0 atom stereocenters. The van der Waals surface area contributed by atoms with Crippen molar-refractivity contribution in [3.8, 4) is 5.75 Å². The van der Waals surface area contributed by atoms with Gasteiger partial charge in [-0.3, -0.25) is 0 Å². The summed E-state index contributed by atoms with van der Waals surface area (Å²) in [6.07, 6.45) is -3.42. The summed E-state index contributed by atoms with van der Waals surface area (Å²) in [5.74, 6) is -1.14. The van der Waals surface area contributed by atoms with Crippen molar-refractivity contribution in [2.24, 2.45) is 0 Å². The number of anilines is 2. The van der Waals surface area contributed by atoms with E-state index in [1.54, 1.807) is 0 Å². The van der Waals surface area contributed by atoms with Gasteiger partial charge in [-0.1, -0.05) is 6.07 Å². The smallest absolute Gasteiger partial charge is 0.406 e. The van der Waals surface area contributed by atoms with Gasteiger partial charge in [0.05, 0.1) is 0 Å². The third-order valence-corrected chi connectivity index (χ3v) is 2.57. The minimum absolute atomic E-state index is 0.0997. The monoisotopic (exact) mass is 350 g/mol. The fourth-order valence-electron chi connectivity index (χ4n) is 1.41. The van der Waals surface area contributed by atoms with Crippen LogP contribution in [0.3, 0.4) is 0 Å². The lowest BCUT2D eigenvalue weighted by Gasteiger charge is -2.11. The number of halogens is 5. The summed E-state index contributed by atoms with van der Waals surface area (Å²) in [6, 6.07) is 6.23. The lowest BCUT2D eigenvalue weighted by atomic mass is 10.3. The normalized spacial score (nSPS) is 11.2. The second-order valence-corrected chi connectivity index (χ2v) is 4.60. The van der Waals surface area contributed by atoms with Gasteiger partial charge in [0.2, 0.25) is 0 Å². The molecule has 2 aromatic rings. The van der Waals surface area contributed by atoms with E-state index < -0.39 is 17.9 Å². The van der Waals surface area contributed by atoms with Crippen molar-refractivity contribution in [1.82, 2.24) is 4.98 Å². The Balaban J connectivity index is 2.19. The van der Waals surface area contributed by atoms with Gasteiger partial charge < -0.3 is 10.1 Å². The summed E-state index contributed by atoms with van der Waals surface area (Å²) < 4.78 is 54.0. The van der Waals surface area contributed by atoms with Gasteiger partial charge in [0.25, 0.3) is 0 Å². The number of hydrogen-bond acceptors (Lipinski definition) is 3. The van der Waals surface area contributed by atoms with Crippen molar-refractivity contribution in [1.29, 1.82) is 0 Å². The average Bonchev–Trinajstić information content (AvgIpc) is 2.31. The molecular formula is C12H7BrF4N2O. The van der Waals surface area contributed by atoms with E-state index in [2.05, 4.69) is 31.0 Å². The average molecular weight is 351 g/mol. The first-order valence-corrected chi connectivity index (χ1v) is 6.07. The van der Waals surface area contributed by atoms with E-state index in [9.17, 15) is 17.6 Å². The van der Waals surface area contributed by atoms with Gasteiger partial charge in [0.15, 0.2) is 11.6 Å². The SMILES string of the molecule is Fc1cc(Br)cnc1Nc1cccc(OC(F)(F)F)c1. The number of alkyl halides is 3. The Morgan fingerprint density at radius 2 is 1.95 bits per heavy atom. The first kappa shape index (κ1) is 14.6. The number of ether oxygens (including phenoxy) is 1. The summed E-state index contributed by atoms with van der Waals surface area (Å²) >= 11 is 3.05. The zero-order valence-electron chi connectivity index (χ0n) is 9.71. The molecule has 0 saturated heterocycles. The van der Waals surface area contributed by atoms with E-state index in [4.69, 9.17) is 0 Å². The van der Waals surface area contributed by atoms with Crippen LogP contribution in [0.15, 0.2) is 41.0 Å². The predicted molar refractivity (Wildman–Crippen MR) is 68.3 cm³/mol. The fraction of sp³-hybridized carbons (Fsp3) is 0.0833. The Morgan fingerprint density at radius 1 is 1.20 bits per heavy atom. The van der Waals surface area contributed by atoms with Crippen molar-refractivity contribution in [2.75, 3.05) is 5.32 Å². The van der Waals surface area contributed by atoms with Gasteiger partial charge in [-0.05, 0) is 34.1 Å². The molecule has 0 unspecified atom stereocenters. The van der Waals surface area contributed by atoms with Crippen LogP contribution in [0.1, 0.15) is 0 Å². The zero-order valence-corrected chi connectivity index (χ0v) is 11.3. The van der Waals surface area contributed by atoms with Crippen LogP contribution in [-0.4, -0.2) is 11.3 Å². The Hall–Kier alpha value is -1.83. The molecule has 0 aliphatic rings. The topological polar surface area (TPSA) is 34.2 Å². The minimum atomic E-state index is -4.78. The minimum Gasteiger partial charge on any atom is -0.406 e. The molecule has 0 bridgehead atoms. The summed E-state index contributed by atoms with van der Waals surface area (Å²) in [4.78, 5) is 3.78. The molecule has 1 aromatic heterocycles. The molecule has 0 aliphatic heterocycles. The van der Waals surface area contributed by atoms with Crippen LogP contribution in [0.2, 0.25) is 0 Å². The lowest BCUT2D eigenvalue weighted by molar-refractivity contribution is -0.274. The van der Waals surface area contributed by atoms with Crippen molar-refractivity contribution >= 4 is 27.4 Å². The van der Waals surface area contributed by atoms with E-state index in [0.29, 0.717) is 4.47 Å². The first-order valence-electron chi connectivity index (χ1n) is 5.27. The molecule has 0 aliphatic carbocycles. The molecule has 106 valence electrons. The van der Waals surface area contributed by atoms with Crippen LogP contribution in [0.25, 0.3) is 0 Å². The first-order chi connectivity index (χ1) is 9.33. The van der Waals surface area contributed by atoms with Crippen molar-refractivity contribution in [2.45, 2.75) is 6.36 Å². The van der Waals surface area contributed by atoms with E-state index >= 15 is 0 Å². The van der Waals surface area contributed by atoms with Gasteiger partial charge in [-0.15, -0.1) is 13.2 Å². The molecule has 3 nitrogen and oxygen atoms in total. The van der Waals surface area contributed by atoms with Gasteiger partial charge in [-0.2, -0.15) is 0 Å². The highest BCUT2D eigenvalue weighted by Crippen LogP contribution is 2.27. The Kier molecular flexibility index (Phi) is 4.12. The number of hydrogen-bond donors (Lipinski definition) is 1. The standard InChI is InChI=1S/C12H7BrF4N2O/c13-7-4-10(14)11(18-6-7)19-8-2-1-3-9(5-8)20-12(15,16)17/h1-6H,(H,18,19). The van der Waals surface area contributed by atoms with E-state index in [1.807, 2.05) is 0 Å². The summed E-state index contributed by atoms with van der Waals surface area (Å²) in [6.45, 7) is 0. The maximum absolute atomic E-state index is 13.5. The number of aromatic nitrogens is 1. The van der Waals surface area contributed by atoms with Crippen molar-refractivity contribution < 1.29 is 22.3 Å². The van der Waals surface area contributed by atoms with Gasteiger partial charge in [0, 0.05) is 22.4 Å². The third kappa shape index (κ3) is 4.09. The Bertz CT molecular complexity index is 619. The zero-order chi connectivity index (χ0) is 14.8. The van der Waals surface area contributed by atoms with E-state index in [0.717, 1.165) is 12.1 Å². The predicted octanol–water partition coefficient (Wildman–Crippen LogP) is 4.63. The van der Waals surface area contributed by atoms with Gasteiger partial charge in [0.1, 0.15) is 5.75 Å². The summed E-state index contributed by atoms with van der Waals surface area (Å²) in [5.41, 5.74) is 0.223. The molecule has 1 aromatic carbocycles. The van der Waals surface area contributed by atoms with Crippen LogP contribution in [-0.2, 0) is 0 Å². The lowest BCUT2D eigenvalue weighted by Crippen LogP contribution is -2.17. The Labute approximate surface area is 119 Å². The molecule has 0 radical (unpaired) electrons. The molecular weight excluding hydrogens is 344 g/mol. The highest BCUT2D eigenvalue weighted by Gasteiger charge is 2.31. The van der Waals surface area contributed by atoms with Crippen LogP contribution >= 0.6 is 15.9 Å². The van der Waals surface area contributed by atoms with E-state index in [-0.39, 0.29) is 11.5 Å².